The Morgan fingerprint density at radius 1 is 0.821 bits per heavy atom. The zero-order valence-electron chi connectivity index (χ0n) is 17.7. The van der Waals surface area contributed by atoms with Crippen molar-refractivity contribution in [3.8, 4) is 0 Å². The third-order valence-electron chi connectivity index (χ3n) is 3.54. The lowest BCUT2D eigenvalue weighted by atomic mass is 10.00. The van der Waals surface area contributed by atoms with E-state index >= 15 is 0 Å². The molecule has 162 valence electrons. The number of hydrogen-bond acceptors (Lipinski definition) is 6. The fourth-order valence-corrected chi connectivity index (χ4v) is 2.26. The molecule has 0 spiro atoms. The number of amides is 3. The maximum atomic E-state index is 12.6. The summed E-state index contributed by atoms with van der Waals surface area (Å²) in [4.78, 5) is 48.5. The van der Waals surface area contributed by atoms with Crippen LogP contribution in [0.25, 0.3) is 0 Å². The number of methoxy groups -OCH3 is 1. The molecule has 0 aromatic heterocycles. The topological polar surface area (TPSA) is 123 Å². The smallest absolute Gasteiger partial charge is 0.409 e. The molecule has 3 N–H and O–H groups in total. The van der Waals surface area contributed by atoms with Crippen LogP contribution in [0.4, 0.5) is 4.79 Å². The number of alkyl halides is 1. The van der Waals surface area contributed by atoms with Gasteiger partial charge in [-0.15, -0.1) is 0 Å². The van der Waals surface area contributed by atoms with Crippen LogP contribution >= 0.6 is 11.6 Å². The Labute approximate surface area is 171 Å². The predicted molar refractivity (Wildman–Crippen MR) is 105 cm³/mol. The number of carbonyl (C=O) groups excluding carboxylic acids is 4. The van der Waals surface area contributed by atoms with E-state index in [-0.39, 0.29) is 11.8 Å². The normalized spacial score (nSPS) is 14.7. The molecule has 0 aromatic rings. The number of halogens is 1. The average Bonchev–Trinajstić information content (AvgIpc) is 2.53. The Bertz CT molecular complexity index is 574. The molecule has 0 bridgehead atoms. The van der Waals surface area contributed by atoms with Crippen molar-refractivity contribution in [2.24, 2.45) is 11.8 Å². The largest absolute Gasteiger partial charge is 0.467 e. The molecule has 10 heteroatoms. The summed E-state index contributed by atoms with van der Waals surface area (Å²) in [5.41, 5.74) is -2.19. The molecule has 3 atom stereocenters. The molecule has 0 aliphatic heterocycles. The van der Waals surface area contributed by atoms with Gasteiger partial charge < -0.3 is 20.1 Å². The van der Waals surface area contributed by atoms with Crippen molar-refractivity contribution >= 4 is 35.5 Å². The minimum absolute atomic E-state index is 0.213. The Balaban J connectivity index is 5.05. The highest BCUT2D eigenvalue weighted by Gasteiger charge is 2.32. The molecular weight excluding hydrogens is 390 g/mol. The fourth-order valence-electron chi connectivity index (χ4n) is 2.11. The first-order valence-electron chi connectivity index (χ1n) is 9.01. The summed E-state index contributed by atoms with van der Waals surface area (Å²) in [6, 6.07) is -1.83. The summed E-state index contributed by atoms with van der Waals surface area (Å²) in [5, 5.41) is 7.25. The van der Waals surface area contributed by atoms with Crippen LogP contribution in [0, 0.1) is 11.8 Å². The maximum Gasteiger partial charge on any atom is 0.409 e. The summed E-state index contributed by atoms with van der Waals surface area (Å²) in [5.74, 6) is -2.44. The minimum Gasteiger partial charge on any atom is -0.467 e. The van der Waals surface area contributed by atoms with Crippen molar-refractivity contribution in [2.45, 2.75) is 71.7 Å². The first kappa shape index (κ1) is 26.0. The van der Waals surface area contributed by atoms with Crippen LogP contribution in [-0.2, 0) is 23.9 Å². The van der Waals surface area contributed by atoms with Gasteiger partial charge in [0.1, 0.15) is 17.7 Å². The van der Waals surface area contributed by atoms with Gasteiger partial charge in [0, 0.05) is 0 Å². The molecule has 0 radical (unpaired) electrons. The van der Waals surface area contributed by atoms with Crippen LogP contribution in [0.5, 0.6) is 0 Å². The van der Waals surface area contributed by atoms with Crippen molar-refractivity contribution in [2.75, 3.05) is 7.11 Å². The molecule has 9 nitrogen and oxygen atoms in total. The lowest BCUT2D eigenvalue weighted by Gasteiger charge is -2.27. The highest BCUT2D eigenvalue weighted by molar-refractivity contribution is 6.31. The molecule has 0 unspecified atom stereocenters. The number of nitrogens with one attached hydrogen (secondary N) is 3. The van der Waals surface area contributed by atoms with Gasteiger partial charge in [0.05, 0.1) is 7.11 Å². The number of esters is 1. The Morgan fingerprint density at radius 3 is 1.68 bits per heavy atom. The molecule has 28 heavy (non-hydrogen) atoms. The summed E-state index contributed by atoms with van der Waals surface area (Å²) in [6.07, 6.45) is -0.862. The number of hydrogen-bond donors (Lipinski definition) is 3. The second-order valence-electron chi connectivity index (χ2n) is 7.99. The molecule has 0 saturated heterocycles. The predicted octanol–water partition coefficient (Wildman–Crippen LogP) is 1.53. The van der Waals surface area contributed by atoms with E-state index in [1.165, 1.54) is 7.11 Å². The zero-order chi connectivity index (χ0) is 22.2. The van der Waals surface area contributed by atoms with Crippen molar-refractivity contribution in [1.29, 1.82) is 0 Å². The van der Waals surface area contributed by atoms with Crippen molar-refractivity contribution in [3.63, 3.8) is 0 Å². The minimum atomic E-state index is -1.44. The number of ether oxygens (including phenoxy) is 2. The van der Waals surface area contributed by atoms with E-state index in [4.69, 9.17) is 21.1 Å². The Kier molecular flexibility index (Phi) is 10.3. The van der Waals surface area contributed by atoms with Crippen molar-refractivity contribution < 1.29 is 28.7 Å². The molecule has 0 saturated carbocycles. The van der Waals surface area contributed by atoms with E-state index in [1.54, 1.807) is 48.5 Å². The van der Waals surface area contributed by atoms with Crippen LogP contribution in [0.2, 0.25) is 0 Å². The molecule has 0 heterocycles. The molecule has 0 aliphatic rings. The van der Waals surface area contributed by atoms with Gasteiger partial charge in [0.2, 0.25) is 5.91 Å². The zero-order valence-corrected chi connectivity index (χ0v) is 18.5. The van der Waals surface area contributed by atoms with Crippen molar-refractivity contribution in [1.82, 2.24) is 16.0 Å². The van der Waals surface area contributed by atoms with Gasteiger partial charge in [0.15, 0.2) is 5.50 Å². The third kappa shape index (κ3) is 9.25. The van der Waals surface area contributed by atoms with Gasteiger partial charge >= 0.3 is 12.1 Å². The highest BCUT2D eigenvalue weighted by Crippen LogP contribution is 2.09. The van der Waals surface area contributed by atoms with Gasteiger partial charge in [-0.3, -0.25) is 14.9 Å². The third-order valence-corrected chi connectivity index (χ3v) is 3.85. The number of rotatable bonds is 8. The lowest BCUT2D eigenvalue weighted by molar-refractivity contribution is -0.146. The summed E-state index contributed by atoms with van der Waals surface area (Å²) in [7, 11) is 1.23. The standard InChI is InChI=1S/C18H32ClN3O6/c1-9(2)11(14(23)21-12(10(3)4)16(25)27-8)20-15(24)13(19)22-17(26)28-18(5,6)7/h9-13H,1-8H3,(H,20,24)(H,21,23)(H,22,26)/t11-,12-,13+/m0/s1. The SMILES string of the molecule is COC(=O)[C@@H](NC(=O)[C@@H](NC(=O)[C@H](Cl)NC(=O)OC(C)(C)C)C(C)C)C(C)C. The van der Waals surface area contributed by atoms with Crippen LogP contribution in [0.3, 0.4) is 0 Å². The van der Waals surface area contributed by atoms with E-state index in [1.807, 2.05) is 0 Å². The quantitative estimate of drug-likeness (QED) is 0.310. The fraction of sp³-hybridized carbons (Fsp3) is 0.778. The summed E-state index contributed by atoms with van der Waals surface area (Å²) < 4.78 is 9.73. The van der Waals surface area contributed by atoms with E-state index in [0.717, 1.165) is 0 Å². The van der Waals surface area contributed by atoms with E-state index in [2.05, 4.69) is 16.0 Å². The molecule has 0 aliphatic carbocycles. The summed E-state index contributed by atoms with van der Waals surface area (Å²) >= 11 is 5.91. The van der Waals surface area contributed by atoms with Crippen LogP contribution in [0.15, 0.2) is 0 Å². The maximum absolute atomic E-state index is 12.6. The second kappa shape index (κ2) is 11.1. The monoisotopic (exact) mass is 421 g/mol. The van der Waals surface area contributed by atoms with Gasteiger partial charge in [-0.05, 0) is 32.6 Å². The number of alkyl carbamates (subject to hydrolysis) is 1. The van der Waals surface area contributed by atoms with Crippen LogP contribution in [-0.4, -0.2) is 54.2 Å². The van der Waals surface area contributed by atoms with Crippen LogP contribution < -0.4 is 16.0 Å². The molecule has 0 fully saturated rings. The van der Waals surface area contributed by atoms with Gasteiger partial charge in [-0.25, -0.2) is 9.59 Å². The van der Waals surface area contributed by atoms with Gasteiger partial charge in [0.25, 0.3) is 5.91 Å². The van der Waals surface area contributed by atoms with Gasteiger partial charge in [-0.1, -0.05) is 39.3 Å². The average molecular weight is 422 g/mol. The molecule has 0 rings (SSSR count). The highest BCUT2D eigenvalue weighted by atomic mass is 35.5. The second-order valence-corrected chi connectivity index (χ2v) is 8.43. The molecular formula is C18H32ClN3O6. The first-order chi connectivity index (χ1) is 12.7. The Morgan fingerprint density at radius 2 is 1.29 bits per heavy atom. The summed E-state index contributed by atoms with van der Waals surface area (Å²) in [6.45, 7) is 12.0. The van der Waals surface area contributed by atoms with E-state index in [9.17, 15) is 19.2 Å². The van der Waals surface area contributed by atoms with Crippen molar-refractivity contribution in [3.05, 3.63) is 0 Å². The first-order valence-corrected chi connectivity index (χ1v) is 9.45. The number of carbonyl (C=O) groups is 4. The Hall–Kier alpha value is -2.03. The van der Waals surface area contributed by atoms with Crippen LogP contribution in [0.1, 0.15) is 48.5 Å². The van der Waals surface area contributed by atoms with E-state index in [0.29, 0.717) is 0 Å². The molecule has 3 amide bonds. The lowest BCUT2D eigenvalue weighted by Crippen LogP contribution is -2.57. The van der Waals surface area contributed by atoms with Gasteiger partial charge in [-0.2, -0.15) is 0 Å². The van der Waals surface area contributed by atoms with E-state index < -0.39 is 47.1 Å². The molecule has 0 aromatic carbocycles.